The summed E-state index contributed by atoms with van der Waals surface area (Å²) in [5.74, 6) is -0.172. The van der Waals surface area contributed by atoms with Gasteiger partial charge in [0.2, 0.25) is 0 Å². The molecular weight excluding hydrogens is 266 g/mol. The third kappa shape index (κ3) is 3.51. The van der Waals surface area contributed by atoms with Gasteiger partial charge in [0, 0.05) is 24.5 Å². The van der Waals surface area contributed by atoms with E-state index in [9.17, 15) is 4.79 Å². The van der Waals surface area contributed by atoms with Crippen LogP contribution >= 0.6 is 0 Å². The number of nitrogens with zero attached hydrogens (tertiary/aromatic N) is 3. The Balaban J connectivity index is 2.21. The van der Waals surface area contributed by atoms with Crippen molar-refractivity contribution in [1.82, 2.24) is 25.3 Å². The Morgan fingerprint density at radius 3 is 2.67 bits per heavy atom. The number of H-pyrrole nitrogens is 1. The van der Waals surface area contributed by atoms with E-state index in [-0.39, 0.29) is 17.4 Å². The lowest BCUT2D eigenvalue weighted by Crippen LogP contribution is -2.36. The highest BCUT2D eigenvalue weighted by molar-refractivity contribution is 5.92. The van der Waals surface area contributed by atoms with Gasteiger partial charge in [0.05, 0.1) is 12.2 Å². The minimum Gasteiger partial charge on any atom is -0.343 e. The molecule has 2 heterocycles. The molecule has 6 nitrogen and oxygen atoms in total. The predicted octanol–water partition coefficient (Wildman–Crippen LogP) is 2.22. The average Bonchev–Trinajstić information content (AvgIpc) is 3.02. The molecule has 0 aliphatic heterocycles. The maximum Gasteiger partial charge on any atom is 0.272 e. The fourth-order valence-electron chi connectivity index (χ4n) is 2.25. The van der Waals surface area contributed by atoms with Crippen molar-refractivity contribution in [3.63, 3.8) is 0 Å². The van der Waals surface area contributed by atoms with Crippen molar-refractivity contribution in [2.75, 3.05) is 0 Å². The molecule has 0 bridgehead atoms. The SMILES string of the molecule is CCc1cc(C(=O)NC(c2cnn(C)c2)C(C)(C)C)n[nH]1. The molecule has 0 fully saturated rings. The molecule has 2 N–H and O–H groups in total. The van der Waals surface area contributed by atoms with E-state index in [4.69, 9.17) is 0 Å². The topological polar surface area (TPSA) is 75.6 Å². The molecule has 1 atom stereocenters. The first-order valence-electron chi connectivity index (χ1n) is 7.15. The van der Waals surface area contributed by atoms with E-state index in [0.717, 1.165) is 17.7 Å². The molecular formula is C15H23N5O. The van der Waals surface area contributed by atoms with Gasteiger partial charge in [-0.1, -0.05) is 27.7 Å². The summed E-state index contributed by atoms with van der Waals surface area (Å²) in [6.45, 7) is 8.29. The monoisotopic (exact) mass is 289 g/mol. The number of nitrogens with one attached hydrogen (secondary N) is 2. The molecule has 1 unspecified atom stereocenters. The Hall–Kier alpha value is -2.11. The zero-order valence-electron chi connectivity index (χ0n) is 13.3. The molecule has 114 valence electrons. The molecule has 0 radical (unpaired) electrons. The number of carbonyl (C=O) groups is 1. The second-order valence-electron chi connectivity index (χ2n) is 6.35. The molecule has 2 aromatic rings. The van der Waals surface area contributed by atoms with Crippen LogP contribution in [0.1, 0.15) is 55.5 Å². The van der Waals surface area contributed by atoms with Gasteiger partial charge in [-0.2, -0.15) is 10.2 Å². The fraction of sp³-hybridized carbons (Fsp3) is 0.533. The van der Waals surface area contributed by atoms with Gasteiger partial charge in [-0.3, -0.25) is 14.6 Å². The Bertz CT molecular complexity index is 620. The summed E-state index contributed by atoms with van der Waals surface area (Å²) >= 11 is 0. The van der Waals surface area contributed by atoms with Crippen LogP contribution in [0, 0.1) is 5.41 Å². The second-order valence-corrected chi connectivity index (χ2v) is 6.35. The lowest BCUT2D eigenvalue weighted by Gasteiger charge is -2.30. The van der Waals surface area contributed by atoms with Crippen molar-refractivity contribution in [2.24, 2.45) is 12.5 Å². The van der Waals surface area contributed by atoms with Crippen molar-refractivity contribution in [3.05, 3.63) is 35.4 Å². The van der Waals surface area contributed by atoms with Crippen LogP contribution < -0.4 is 5.32 Å². The molecule has 0 aliphatic rings. The van der Waals surface area contributed by atoms with Gasteiger partial charge >= 0.3 is 0 Å². The first-order chi connectivity index (χ1) is 9.81. The van der Waals surface area contributed by atoms with Gasteiger partial charge in [-0.05, 0) is 17.9 Å². The Morgan fingerprint density at radius 1 is 1.48 bits per heavy atom. The number of aromatic amines is 1. The number of aromatic nitrogens is 4. The Labute approximate surface area is 124 Å². The van der Waals surface area contributed by atoms with E-state index >= 15 is 0 Å². The lowest BCUT2D eigenvalue weighted by molar-refractivity contribution is 0.0896. The second kappa shape index (κ2) is 5.71. The van der Waals surface area contributed by atoms with Crippen LogP contribution in [0.15, 0.2) is 18.5 Å². The molecule has 2 rings (SSSR count). The Morgan fingerprint density at radius 2 is 2.19 bits per heavy atom. The van der Waals surface area contributed by atoms with E-state index in [1.165, 1.54) is 0 Å². The van der Waals surface area contributed by atoms with Gasteiger partial charge in [0.1, 0.15) is 5.69 Å². The van der Waals surface area contributed by atoms with Crippen molar-refractivity contribution >= 4 is 5.91 Å². The van der Waals surface area contributed by atoms with Crippen LogP contribution in [0.4, 0.5) is 0 Å². The number of rotatable bonds is 4. The van der Waals surface area contributed by atoms with E-state index in [2.05, 4.69) is 41.4 Å². The zero-order chi connectivity index (χ0) is 15.6. The van der Waals surface area contributed by atoms with Crippen molar-refractivity contribution in [1.29, 1.82) is 0 Å². The number of hydrogen-bond acceptors (Lipinski definition) is 3. The van der Waals surface area contributed by atoms with Crippen LogP contribution in [0.3, 0.4) is 0 Å². The van der Waals surface area contributed by atoms with E-state index in [1.807, 2.05) is 20.2 Å². The summed E-state index contributed by atoms with van der Waals surface area (Å²) in [7, 11) is 1.87. The maximum atomic E-state index is 12.4. The third-order valence-electron chi connectivity index (χ3n) is 3.44. The molecule has 0 saturated heterocycles. The van der Waals surface area contributed by atoms with E-state index in [1.54, 1.807) is 16.9 Å². The number of carbonyl (C=O) groups excluding carboxylic acids is 1. The van der Waals surface area contributed by atoms with Crippen LogP contribution in [-0.2, 0) is 13.5 Å². The molecule has 21 heavy (non-hydrogen) atoms. The summed E-state index contributed by atoms with van der Waals surface area (Å²) in [6.07, 6.45) is 4.54. The molecule has 0 spiro atoms. The highest BCUT2D eigenvalue weighted by atomic mass is 16.2. The van der Waals surface area contributed by atoms with Crippen LogP contribution in [0.2, 0.25) is 0 Å². The molecule has 0 aliphatic carbocycles. The van der Waals surface area contributed by atoms with Crippen LogP contribution in [0.5, 0.6) is 0 Å². The van der Waals surface area contributed by atoms with E-state index < -0.39 is 0 Å². The average molecular weight is 289 g/mol. The van der Waals surface area contributed by atoms with Gasteiger partial charge in [-0.25, -0.2) is 0 Å². The van der Waals surface area contributed by atoms with Gasteiger partial charge in [0.25, 0.3) is 5.91 Å². The fourth-order valence-corrected chi connectivity index (χ4v) is 2.25. The molecule has 0 saturated carbocycles. The van der Waals surface area contributed by atoms with Crippen molar-refractivity contribution < 1.29 is 4.79 Å². The quantitative estimate of drug-likeness (QED) is 0.906. The standard InChI is InChI=1S/C15H23N5O/c1-6-11-7-12(19-18-11)14(21)17-13(15(2,3)4)10-8-16-20(5)9-10/h7-9,13H,6H2,1-5H3,(H,17,21)(H,18,19). The number of hydrogen-bond donors (Lipinski definition) is 2. The summed E-state index contributed by atoms with van der Waals surface area (Å²) < 4.78 is 1.74. The predicted molar refractivity (Wildman–Crippen MR) is 80.8 cm³/mol. The first-order valence-corrected chi connectivity index (χ1v) is 7.15. The van der Waals surface area contributed by atoms with Gasteiger partial charge < -0.3 is 5.32 Å². The number of aryl methyl sites for hydroxylation is 2. The molecule has 0 aromatic carbocycles. The number of amides is 1. The van der Waals surface area contributed by atoms with Crippen LogP contribution in [0.25, 0.3) is 0 Å². The highest BCUT2D eigenvalue weighted by Crippen LogP contribution is 2.32. The first kappa shape index (κ1) is 15.3. The Kier molecular flexibility index (Phi) is 4.16. The lowest BCUT2D eigenvalue weighted by atomic mass is 9.83. The minimum atomic E-state index is -0.172. The summed E-state index contributed by atoms with van der Waals surface area (Å²) in [5, 5.41) is 14.2. The molecule has 6 heteroatoms. The zero-order valence-corrected chi connectivity index (χ0v) is 13.3. The van der Waals surface area contributed by atoms with Gasteiger partial charge in [0.15, 0.2) is 0 Å². The summed E-state index contributed by atoms with van der Waals surface area (Å²) in [4.78, 5) is 12.4. The summed E-state index contributed by atoms with van der Waals surface area (Å²) in [5.41, 5.74) is 2.24. The largest absolute Gasteiger partial charge is 0.343 e. The summed E-state index contributed by atoms with van der Waals surface area (Å²) in [6, 6.07) is 1.67. The maximum absolute atomic E-state index is 12.4. The normalized spacial score (nSPS) is 13.2. The van der Waals surface area contributed by atoms with E-state index in [0.29, 0.717) is 5.69 Å². The third-order valence-corrected chi connectivity index (χ3v) is 3.44. The highest BCUT2D eigenvalue weighted by Gasteiger charge is 2.29. The van der Waals surface area contributed by atoms with Crippen LogP contribution in [-0.4, -0.2) is 25.9 Å². The smallest absolute Gasteiger partial charge is 0.272 e. The minimum absolute atomic E-state index is 0.122. The van der Waals surface area contributed by atoms with Crippen molar-refractivity contribution in [3.8, 4) is 0 Å². The van der Waals surface area contributed by atoms with Crippen molar-refractivity contribution in [2.45, 2.75) is 40.2 Å². The van der Waals surface area contributed by atoms with Gasteiger partial charge in [-0.15, -0.1) is 0 Å². The molecule has 1 amide bonds. The molecule has 2 aromatic heterocycles.